The van der Waals surface area contributed by atoms with Crippen LogP contribution in [-0.2, 0) is 49.9 Å². The van der Waals surface area contributed by atoms with E-state index in [2.05, 4.69) is 177 Å². The third-order valence-electron chi connectivity index (χ3n) is 21.4. The van der Waals surface area contributed by atoms with Gasteiger partial charge in [-0.2, -0.15) is 18.1 Å². The lowest BCUT2D eigenvalue weighted by Gasteiger charge is -2.19. The summed E-state index contributed by atoms with van der Waals surface area (Å²) in [5.41, 5.74) is 13.6. The van der Waals surface area contributed by atoms with Gasteiger partial charge in [0.2, 0.25) is 0 Å². The summed E-state index contributed by atoms with van der Waals surface area (Å²) in [4.78, 5) is 40.1. The fraction of sp³-hybridized carbons (Fsp3) is 0.333. The Morgan fingerprint density at radius 2 is 0.835 bits per heavy atom. The minimum absolute atomic E-state index is 0.200. The molecule has 0 spiro atoms. The van der Waals surface area contributed by atoms with E-state index < -0.39 is 5.60 Å². The summed E-state index contributed by atoms with van der Waals surface area (Å²) in [5.74, 6) is 12.2. The number of methoxy groups -OCH3 is 1. The van der Waals surface area contributed by atoms with Crippen molar-refractivity contribution in [3.8, 4) is 5.75 Å². The van der Waals surface area contributed by atoms with Crippen LogP contribution in [0, 0.1) is 29.6 Å². The van der Waals surface area contributed by atoms with E-state index in [1.54, 1.807) is 25.1 Å². The maximum absolute atomic E-state index is 11.6. The highest BCUT2D eigenvalue weighted by Gasteiger charge is 2.30. The van der Waals surface area contributed by atoms with Crippen molar-refractivity contribution < 1.29 is 14.3 Å². The highest BCUT2D eigenvalue weighted by atomic mass is 32.2. The van der Waals surface area contributed by atoms with Gasteiger partial charge in [0.25, 0.3) is 0 Å². The molecule has 121 heavy (non-hydrogen) atoms. The predicted molar refractivity (Wildman–Crippen MR) is 481 cm³/mol. The summed E-state index contributed by atoms with van der Waals surface area (Å²) < 4.78 is 19.9. The van der Waals surface area contributed by atoms with Gasteiger partial charge in [0.05, 0.1) is 7.11 Å². The van der Waals surface area contributed by atoms with Gasteiger partial charge in [-0.1, -0.05) is 170 Å². The van der Waals surface area contributed by atoms with Gasteiger partial charge in [-0.15, -0.1) is 25.5 Å². The van der Waals surface area contributed by atoms with Gasteiger partial charge in [-0.25, -0.2) is 34.2 Å². The van der Waals surface area contributed by atoms with Crippen LogP contribution in [0.2, 0.25) is 0 Å². The number of carbonyl (C=O) groups is 1. The number of carbonyl (C=O) groups excluding carboxylic acids is 1. The van der Waals surface area contributed by atoms with Crippen molar-refractivity contribution >= 4 is 69.4 Å². The van der Waals surface area contributed by atoms with E-state index in [9.17, 15) is 4.79 Å². The number of rotatable bonds is 32. The van der Waals surface area contributed by atoms with Gasteiger partial charge in [0, 0.05) is 81.6 Å². The van der Waals surface area contributed by atoms with Gasteiger partial charge in [-0.3, -0.25) is 4.98 Å². The number of fused-ring (bicyclic) bond motifs is 5. The molecule has 5 fully saturated rings. The Morgan fingerprint density at radius 3 is 1.26 bits per heavy atom. The molecule has 0 radical (unpaired) electrons. The average molecular weight is 1640 g/mol. The molecule has 1 amide bonds. The number of hydrogen-bond donors (Lipinski definition) is 5. The second-order valence-electron chi connectivity index (χ2n) is 32.9. The maximum atomic E-state index is 11.6. The topological polar surface area (TPSA) is 260 Å². The number of pyridine rings is 6. The molecule has 622 valence electrons. The van der Waals surface area contributed by atoms with E-state index in [1.807, 2.05) is 177 Å². The lowest BCUT2D eigenvalue weighted by atomic mass is 10.1. The van der Waals surface area contributed by atoms with E-state index in [-0.39, 0.29) is 12.1 Å². The zero-order valence-corrected chi connectivity index (χ0v) is 70.8. The Balaban J connectivity index is 0.000000118. The molecule has 0 bridgehead atoms. The van der Waals surface area contributed by atoms with Crippen molar-refractivity contribution in [3.63, 3.8) is 0 Å². The van der Waals surface area contributed by atoms with Crippen LogP contribution in [0.3, 0.4) is 0 Å². The molecule has 24 nitrogen and oxygen atoms in total. The molecule has 3 aromatic carbocycles. The molecule has 11 aromatic heterocycles. The standard InChI is InChI=1S/C20H29N5O2.C20H22N4O.C20H22N4.C18H19N5.C18H17N3S/c1-14(15-9-10-15)13-16-23-18-8-5-7-17(25(18)24-16)21-11-6-12-22-19(26)27-20(2,3)4;1-14(16-9-10-16)11-18-22-20-8-4-7-19(24(20)23-18)21-13-15-5-3-6-17(12-15)25-2;1-14(16-11-12-16)13-18-22-20-10-6-9-19(24(20)23-18)21-15(2)17-7-4-3-5-8-17;1-13(15-7-8-15)10-16-21-18-6-2-5-17(23(18)22-16)20-12-14-4-3-9-19-11-14;1-13(14-10-11-14)12-16-19-17-8-5-9-18(21(17)20-16)22-15-6-3-2-4-7-15/h5,7-8,15,21H,1,6,9-13H2,2-4H3,(H,22,26);3-8,12,16,21H,1,9-11,13H2,2H3;3-10,15-16,21H,1,11-13H2,2H3;2-6,9,11,15,20H,1,7-8,10,12H2;2-9,14H,1,10-12H2. The van der Waals surface area contributed by atoms with Crippen molar-refractivity contribution in [1.29, 1.82) is 0 Å². The molecule has 5 saturated carbocycles. The highest BCUT2D eigenvalue weighted by Crippen LogP contribution is 2.41. The lowest BCUT2D eigenvalue weighted by Crippen LogP contribution is -2.33. The third-order valence-corrected chi connectivity index (χ3v) is 22.5. The van der Waals surface area contributed by atoms with E-state index in [1.165, 1.54) is 103 Å². The van der Waals surface area contributed by atoms with E-state index in [0.29, 0.717) is 55.8 Å². The number of nitrogens with one attached hydrogen (secondary N) is 5. The van der Waals surface area contributed by atoms with Gasteiger partial charge in [0.15, 0.2) is 57.4 Å². The zero-order valence-electron chi connectivity index (χ0n) is 70.0. The van der Waals surface area contributed by atoms with E-state index >= 15 is 0 Å². The minimum Gasteiger partial charge on any atom is -0.497 e. The number of nitrogens with zero attached hydrogens (tertiary/aromatic N) is 16. The summed E-state index contributed by atoms with van der Waals surface area (Å²) in [6.07, 6.45) is 20.5. The van der Waals surface area contributed by atoms with Crippen LogP contribution >= 0.6 is 11.8 Å². The van der Waals surface area contributed by atoms with Crippen LogP contribution in [0.15, 0.2) is 271 Å². The first-order chi connectivity index (χ1) is 58.8. The first-order valence-electron chi connectivity index (χ1n) is 42.2. The Kier molecular flexibility index (Phi) is 26.8. The first kappa shape index (κ1) is 83.3. The van der Waals surface area contributed by atoms with E-state index in [4.69, 9.17) is 14.6 Å². The van der Waals surface area contributed by atoms with Crippen molar-refractivity contribution in [2.45, 2.75) is 165 Å². The molecule has 0 saturated heterocycles. The van der Waals surface area contributed by atoms with Gasteiger partial charge < -0.3 is 36.1 Å². The molecule has 1 atom stereocenters. The fourth-order valence-electron chi connectivity index (χ4n) is 14.0. The van der Waals surface area contributed by atoms with Gasteiger partial charge in [-0.05, 0) is 236 Å². The molecular weight excluding hydrogens is 1530 g/mol. The Morgan fingerprint density at radius 1 is 0.446 bits per heavy atom. The molecule has 25 heteroatoms. The minimum atomic E-state index is -0.479. The van der Waals surface area contributed by atoms with Gasteiger partial charge >= 0.3 is 6.09 Å². The molecule has 5 N–H and O–H groups in total. The number of alkyl carbamates (subject to hydrolysis) is 1. The molecular formula is C96H109N21O3S. The Hall–Kier alpha value is -12.8. The molecule has 11 heterocycles. The summed E-state index contributed by atoms with van der Waals surface area (Å²) in [6, 6.07) is 63.0. The summed E-state index contributed by atoms with van der Waals surface area (Å²) in [5, 5.41) is 40.9. The normalized spacial score (nSPS) is 14.4. The molecule has 5 aliphatic rings. The number of benzene rings is 3. The number of allylic oxidation sites excluding steroid dienone is 5. The van der Waals surface area contributed by atoms with Gasteiger partial charge in [0.1, 0.15) is 39.6 Å². The molecule has 0 aliphatic heterocycles. The molecule has 1 unspecified atom stereocenters. The monoisotopic (exact) mass is 1640 g/mol. The largest absolute Gasteiger partial charge is 0.497 e. The number of hydrogen-bond acceptors (Lipinski definition) is 19. The maximum Gasteiger partial charge on any atom is 0.407 e. The smallest absolute Gasteiger partial charge is 0.407 e. The van der Waals surface area contributed by atoms with E-state index in [0.717, 1.165) is 141 Å². The second-order valence-corrected chi connectivity index (χ2v) is 34.0. The quantitative estimate of drug-likeness (QED) is 0.0194. The number of anilines is 4. The fourth-order valence-corrected chi connectivity index (χ4v) is 14.9. The third kappa shape index (κ3) is 23.8. The van der Waals surface area contributed by atoms with Crippen molar-refractivity contribution in [2.75, 3.05) is 41.5 Å². The van der Waals surface area contributed by atoms with Crippen LogP contribution in [-0.4, -0.2) is 110 Å². The van der Waals surface area contributed by atoms with Crippen molar-refractivity contribution in [1.82, 2.24) is 83.3 Å². The molecule has 19 rings (SSSR count). The Labute approximate surface area is 711 Å². The highest BCUT2D eigenvalue weighted by molar-refractivity contribution is 7.99. The van der Waals surface area contributed by atoms with Crippen LogP contribution in [0.1, 0.15) is 150 Å². The van der Waals surface area contributed by atoms with Crippen LogP contribution in [0.5, 0.6) is 5.75 Å². The lowest BCUT2D eigenvalue weighted by molar-refractivity contribution is 0.0527. The average Bonchev–Trinajstić information content (AvgIpc) is 1.68. The summed E-state index contributed by atoms with van der Waals surface area (Å²) >= 11 is 1.71. The molecule has 5 aliphatic carbocycles. The van der Waals surface area contributed by atoms with Crippen LogP contribution in [0.4, 0.5) is 28.1 Å². The SMILES string of the molecule is C=C(Cc1nc2cccc(NC(C)c3ccccc3)n2n1)C1CC1.C=C(Cc1nc2cccc(NCCCNC(=O)OC(C)(C)C)n2n1)C1CC1.C=C(Cc1nc2cccc(NCc3cccc(OC)c3)n2n1)C1CC1.C=C(Cc1nc2cccc(NCc3cccnc3)n2n1)C1CC1.C=C(Cc1nc2cccc(Sc3ccccc3)n2n1)C1CC1. The van der Waals surface area contributed by atoms with Crippen LogP contribution < -0.4 is 31.3 Å². The molecule has 14 aromatic rings. The Bertz CT molecular complexity index is 5920. The van der Waals surface area contributed by atoms with Crippen molar-refractivity contribution in [3.05, 3.63) is 307 Å². The first-order valence-corrected chi connectivity index (χ1v) is 43.0. The van der Waals surface area contributed by atoms with Crippen LogP contribution in [0.25, 0.3) is 28.2 Å². The number of ether oxygens (including phenoxy) is 2. The van der Waals surface area contributed by atoms with Crippen molar-refractivity contribution in [2.24, 2.45) is 29.6 Å². The number of amides is 1. The summed E-state index contributed by atoms with van der Waals surface area (Å²) in [7, 11) is 1.68. The number of aromatic nitrogens is 16. The predicted octanol–water partition coefficient (Wildman–Crippen LogP) is 19.5. The summed E-state index contributed by atoms with van der Waals surface area (Å²) in [6.45, 7) is 31.2. The zero-order chi connectivity index (χ0) is 83.8. The second kappa shape index (κ2) is 39.0.